The monoisotopic (exact) mass is 365 g/mol. The van der Waals surface area contributed by atoms with E-state index in [9.17, 15) is 9.59 Å². The van der Waals surface area contributed by atoms with Gasteiger partial charge < -0.3 is 10.6 Å². The Morgan fingerprint density at radius 2 is 2.00 bits per heavy atom. The number of pyridine rings is 1. The molecule has 2 heterocycles. The molecule has 1 atom stereocenters. The summed E-state index contributed by atoms with van der Waals surface area (Å²) < 4.78 is 0. The van der Waals surface area contributed by atoms with Crippen molar-refractivity contribution in [3.05, 3.63) is 59.9 Å². The molecule has 1 fully saturated rings. The van der Waals surface area contributed by atoms with Crippen LogP contribution in [0.25, 0.3) is 0 Å². The number of carbonyl (C=O) groups excluding carboxylic acids is 2. The average Bonchev–Trinajstić information content (AvgIpc) is 2.85. The Labute approximate surface area is 160 Å². The van der Waals surface area contributed by atoms with Crippen LogP contribution in [0.4, 0.5) is 5.69 Å². The molecule has 1 aromatic carbocycles. The van der Waals surface area contributed by atoms with E-state index in [1.54, 1.807) is 12.4 Å². The maximum atomic E-state index is 13.3. The number of aromatic nitrogens is 1. The van der Waals surface area contributed by atoms with Crippen molar-refractivity contribution in [2.24, 2.45) is 0 Å². The summed E-state index contributed by atoms with van der Waals surface area (Å²) >= 11 is 0. The Morgan fingerprint density at radius 1 is 1.22 bits per heavy atom. The number of nitrogens with zero attached hydrogens (tertiary/aromatic N) is 1. The molecule has 1 aromatic heterocycles. The molecular formula is C22H27N3O2. The first-order valence-electron chi connectivity index (χ1n) is 9.60. The van der Waals surface area contributed by atoms with Gasteiger partial charge in [-0.2, -0.15) is 0 Å². The van der Waals surface area contributed by atoms with Gasteiger partial charge in [-0.1, -0.05) is 38.5 Å². The number of anilines is 1. The first kappa shape index (κ1) is 19.1. The van der Waals surface area contributed by atoms with Gasteiger partial charge in [-0.15, -0.1) is 0 Å². The molecule has 2 N–H and O–H groups in total. The number of benzene rings is 1. The Hall–Kier alpha value is -2.69. The number of rotatable bonds is 5. The van der Waals surface area contributed by atoms with Crippen molar-refractivity contribution in [1.82, 2.24) is 10.3 Å². The number of hydrogen-bond donors (Lipinski definition) is 2. The van der Waals surface area contributed by atoms with Crippen LogP contribution in [-0.4, -0.2) is 22.3 Å². The Kier molecular flexibility index (Phi) is 5.89. The van der Waals surface area contributed by atoms with E-state index in [2.05, 4.69) is 29.5 Å². The normalized spacial score (nSPS) is 20.0. The Morgan fingerprint density at radius 3 is 2.67 bits per heavy atom. The molecule has 1 unspecified atom stereocenters. The van der Waals surface area contributed by atoms with Crippen LogP contribution in [-0.2, 0) is 16.0 Å². The summed E-state index contributed by atoms with van der Waals surface area (Å²) in [6.45, 7) is 4.27. The summed E-state index contributed by atoms with van der Waals surface area (Å²) in [6, 6.07) is 11.7. The van der Waals surface area contributed by atoms with E-state index in [4.69, 9.17) is 0 Å². The second kappa shape index (κ2) is 8.33. The van der Waals surface area contributed by atoms with E-state index in [0.29, 0.717) is 25.2 Å². The van der Waals surface area contributed by atoms with Crippen LogP contribution in [0, 0.1) is 0 Å². The zero-order valence-corrected chi connectivity index (χ0v) is 16.0. The minimum absolute atomic E-state index is 0.0679. The van der Waals surface area contributed by atoms with Crippen molar-refractivity contribution >= 4 is 17.5 Å². The van der Waals surface area contributed by atoms with Crippen LogP contribution in [0.5, 0.6) is 0 Å². The van der Waals surface area contributed by atoms with Gasteiger partial charge in [0.1, 0.15) is 5.54 Å². The Bertz CT molecular complexity index is 787. The predicted octanol–water partition coefficient (Wildman–Crippen LogP) is 3.82. The van der Waals surface area contributed by atoms with Crippen molar-refractivity contribution in [3.63, 3.8) is 0 Å². The van der Waals surface area contributed by atoms with E-state index in [1.165, 1.54) is 5.56 Å². The average molecular weight is 365 g/mol. The molecule has 2 amide bonds. The molecule has 1 aliphatic heterocycles. The van der Waals surface area contributed by atoms with Crippen molar-refractivity contribution in [1.29, 1.82) is 0 Å². The first-order valence-corrected chi connectivity index (χ1v) is 9.60. The van der Waals surface area contributed by atoms with Crippen LogP contribution in [0.3, 0.4) is 0 Å². The van der Waals surface area contributed by atoms with E-state index >= 15 is 0 Å². The molecule has 0 bridgehead atoms. The largest absolute Gasteiger partial charge is 0.341 e. The minimum Gasteiger partial charge on any atom is -0.341 e. The molecule has 5 nitrogen and oxygen atoms in total. The fourth-order valence-electron chi connectivity index (χ4n) is 3.54. The van der Waals surface area contributed by atoms with Gasteiger partial charge >= 0.3 is 0 Å². The van der Waals surface area contributed by atoms with Gasteiger partial charge in [0.05, 0.1) is 0 Å². The van der Waals surface area contributed by atoms with Crippen molar-refractivity contribution in [2.75, 3.05) is 5.32 Å². The highest BCUT2D eigenvalue weighted by Crippen LogP contribution is 2.26. The van der Waals surface area contributed by atoms with Gasteiger partial charge in [-0.25, -0.2) is 0 Å². The molecule has 0 saturated carbocycles. The molecule has 0 spiro atoms. The summed E-state index contributed by atoms with van der Waals surface area (Å²) in [5.74, 6) is 0.202. The zero-order valence-electron chi connectivity index (χ0n) is 16.0. The standard InChI is InChI=1S/C22H27N3O2/c1-16(2)18-8-10-19(11-9-18)24-21(27)22(12-4-3-7-20(26)25-22)14-17-6-5-13-23-15-17/h5-6,8-11,13,15-16H,3-4,7,12,14H2,1-2H3,(H,24,27)(H,25,26). The van der Waals surface area contributed by atoms with Crippen molar-refractivity contribution in [2.45, 2.75) is 57.4 Å². The molecule has 27 heavy (non-hydrogen) atoms. The quantitative estimate of drug-likeness (QED) is 0.846. The maximum Gasteiger partial charge on any atom is 0.250 e. The number of hydrogen-bond acceptors (Lipinski definition) is 3. The van der Waals surface area contributed by atoms with Crippen LogP contribution in [0.1, 0.15) is 56.6 Å². The SMILES string of the molecule is CC(C)c1ccc(NC(=O)C2(Cc3cccnc3)CCCCC(=O)N2)cc1. The number of amides is 2. The highest BCUT2D eigenvalue weighted by molar-refractivity contribution is 6.01. The third kappa shape index (κ3) is 4.73. The Balaban J connectivity index is 1.84. The lowest BCUT2D eigenvalue weighted by Gasteiger charge is -2.32. The smallest absolute Gasteiger partial charge is 0.250 e. The van der Waals surface area contributed by atoms with Gasteiger partial charge in [0.15, 0.2) is 0 Å². The van der Waals surface area contributed by atoms with Crippen LogP contribution in [0.15, 0.2) is 48.8 Å². The number of carbonyl (C=O) groups is 2. The molecule has 3 rings (SSSR count). The third-order valence-corrected chi connectivity index (χ3v) is 5.13. The summed E-state index contributed by atoms with van der Waals surface area (Å²) in [5.41, 5.74) is 1.95. The van der Waals surface area contributed by atoms with Gasteiger partial charge in [0.2, 0.25) is 11.8 Å². The lowest BCUT2D eigenvalue weighted by molar-refractivity contribution is -0.130. The summed E-state index contributed by atoms with van der Waals surface area (Å²) in [5, 5.41) is 6.02. The molecule has 1 aliphatic rings. The van der Waals surface area contributed by atoms with E-state index in [0.717, 1.165) is 24.1 Å². The van der Waals surface area contributed by atoms with E-state index in [-0.39, 0.29) is 11.8 Å². The fourth-order valence-corrected chi connectivity index (χ4v) is 3.54. The first-order chi connectivity index (χ1) is 13.0. The van der Waals surface area contributed by atoms with Gasteiger partial charge in [-0.3, -0.25) is 14.6 Å². The van der Waals surface area contributed by atoms with Crippen molar-refractivity contribution < 1.29 is 9.59 Å². The molecular weight excluding hydrogens is 338 g/mol. The van der Waals surface area contributed by atoms with E-state index in [1.807, 2.05) is 36.4 Å². The summed E-state index contributed by atoms with van der Waals surface area (Å²) in [4.78, 5) is 29.7. The lowest BCUT2D eigenvalue weighted by Crippen LogP contribution is -2.57. The van der Waals surface area contributed by atoms with E-state index < -0.39 is 5.54 Å². The molecule has 0 aliphatic carbocycles. The van der Waals surface area contributed by atoms with Crippen LogP contribution >= 0.6 is 0 Å². The fraction of sp³-hybridized carbons (Fsp3) is 0.409. The number of nitrogens with one attached hydrogen (secondary N) is 2. The summed E-state index contributed by atoms with van der Waals surface area (Å²) in [6.07, 6.45) is 6.61. The second-order valence-corrected chi connectivity index (χ2v) is 7.61. The molecule has 1 saturated heterocycles. The molecule has 142 valence electrons. The molecule has 5 heteroatoms. The second-order valence-electron chi connectivity index (χ2n) is 7.61. The van der Waals surface area contributed by atoms with Gasteiger partial charge in [0.25, 0.3) is 0 Å². The van der Waals surface area contributed by atoms with Crippen LogP contribution in [0.2, 0.25) is 0 Å². The van der Waals surface area contributed by atoms with Gasteiger partial charge in [-0.05, 0) is 48.1 Å². The van der Waals surface area contributed by atoms with Crippen molar-refractivity contribution in [3.8, 4) is 0 Å². The molecule has 2 aromatic rings. The minimum atomic E-state index is -0.951. The van der Waals surface area contributed by atoms with Gasteiger partial charge in [0, 0.05) is 30.9 Å². The van der Waals surface area contributed by atoms with Crippen LogP contribution < -0.4 is 10.6 Å². The summed E-state index contributed by atoms with van der Waals surface area (Å²) in [7, 11) is 0. The zero-order chi connectivity index (χ0) is 19.3. The lowest BCUT2D eigenvalue weighted by atomic mass is 9.85. The maximum absolute atomic E-state index is 13.3. The predicted molar refractivity (Wildman–Crippen MR) is 106 cm³/mol. The highest BCUT2D eigenvalue weighted by atomic mass is 16.2. The highest BCUT2D eigenvalue weighted by Gasteiger charge is 2.41. The topological polar surface area (TPSA) is 71.1 Å². The third-order valence-electron chi connectivity index (χ3n) is 5.13. The molecule has 0 radical (unpaired) electrons.